The van der Waals surface area contributed by atoms with Gasteiger partial charge in [0.05, 0.1) is 9.96 Å². The molecule has 1 aliphatic rings. The van der Waals surface area contributed by atoms with E-state index in [-0.39, 0.29) is 15.9 Å². The van der Waals surface area contributed by atoms with E-state index in [2.05, 4.69) is 0 Å². The van der Waals surface area contributed by atoms with E-state index >= 15 is 0 Å². The van der Waals surface area contributed by atoms with E-state index in [1.54, 1.807) is 0 Å². The van der Waals surface area contributed by atoms with Crippen LogP contribution in [0, 0.1) is 0 Å². The summed E-state index contributed by atoms with van der Waals surface area (Å²) < 4.78 is 0.0995. The van der Waals surface area contributed by atoms with Gasteiger partial charge in [-0.25, -0.2) is 0 Å². The molecule has 0 aromatic carbocycles. The fourth-order valence-electron chi connectivity index (χ4n) is 0.806. The molecule has 1 heterocycles. The second kappa shape index (κ2) is 2.80. The van der Waals surface area contributed by atoms with Gasteiger partial charge in [-0.2, -0.15) is 0 Å². The molecule has 0 aromatic rings. The molecule has 0 aliphatic carbocycles. The molecule has 2 nitrogen and oxygen atoms in total. The average Bonchev–Trinajstić information content (AvgIpc) is 2.14. The van der Waals surface area contributed by atoms with Crippen LogP contribution in [-0.2, 0) is 4.79 Å². The number of hydrogen-bond acceptors (Lipinski definition) is 2. The zero-order valence-corrected chi connectivity index (χ0v) is 6.41. The number of carbonyl (C=O) groups excluding carboxylic acids is 1. The lowest BCUT2D eigenvalue weighted by atomic mass is 10.2. The first-order chi connectivity index (χ1) is 4.20. The monoisotopic (exact) mass is 165 g/mol. The molecule has 1 amide bonds. The highest BCUT2D eigenvalue weighted by atomic mass is 35.5. The number of halogens is 1. The van der Waals surface area contributed by atoms with Crippen LogP contribution in [0.4, 0.5) is 0 Å². The van der Waals surface area contributed by atoms with E-state index in [0.29, 0.717) is 0 Å². The topological polar surface area (TPSA) is 43.1 Å². The molecule has 52 valence electrons. The van der Waals surface area contributed by atoms with E-state index in [1.165, 1.54) is 11.8 Å². The molecule has 0 saturated carbocycles. The third-order valence-corrected chi connectivity index (χ3v) is 3.14. The molecular formula is C5H8ClNOS. The van der Waals surface area contributed by atoms with Crippen molar-refractivity contribution in [2.75, 3.05) is 0 Å². The van der Waals surface area contributed by atoms with Gasteiger partial charge < -0.3 is 5.73 Å². The Balaban J connectivity index is 2.39. The fourth-order valence-corrected chi connectivity index (χ4v) is 2.34. The van der Waals surface area contributed by atoms with Crippen LogP contribution in [0.1, 0.15) is 12.8 Å². The number of carbonyl (C=O) groups is 1. The quantitative estimate of drug-likeness (QED) is 0.588. The Hall–Kier alpha value is 0.110. The molecule has 0 spiro atoms. The van der Waals surface area contributed by atoms with E-state index in [4.69, 9.17) is 17.3 Å². The third-order valence-electron chi connectivity index (χ3n) is 1.29. The van der Waals surface area contributed by atoms with Crippen LogP contribution < -0.4 is 5.73 Å². The molecule has 1 rings (SSSR count). The first-order valence-corrected chi connectivity index (χ1v) is 4.17. The molecular weight excluding hydrogens is 158 g/mol. The Morgan fingerprint density at radius 3 is 2.56 bits per heavy atom. The Bertz CT molecular complexity index is 130. The van der Waals surface area contributed by atoms with E-state index in [9.17, 15) is 4.79 Å². The Morgan fingerprint density at radius 2 is 2.33 bits per heavy atom. The van der Waals surface area contributed by atoms with Crippen molar-refractivity contribution in [1.29, 1.82) is 0 Å². The summed E-state index contributed by atoms with van der Waals surface area (Å²) in [4.78, 5) is 10.5. The maximum Gasteiger partial charge on any atom is 0.230 e. The van der Waals surface area contributed by atoms with Crippen molar-refractivity contribution in [1.82, 2.24) is 0 Å². The smallest absolute Gasteiger partial charge is 0.230 e. The van der Waals surface area contributed by atoms with Crippen LogP contribution in [0.2, 0.25) is 0 Å². The maximum atomic E-state index is 10.5. The first kappa shape index (κ1) is 7.22. The number of nitrogens with two attached hydrogens (primary N) is 1. The second-order valence-electron chi connectivity index (χ2n) is 2.01. The molecule has 0 aromatic heterocycles. The van der Waals surface area contributed by atoms with E-state index in [0.717, 1.165) is 12.8 Å². The first-order valence-electron chi connectivity index (χ1n) is 2.79. The summed E-state index contributed by atoms with van der Waals surface area (Å²) in [5.41, 5.74) is 5.04. The molecule has 4 heteroatoms. The van der Waals surface area contributed by atoms with Gasteiger partial charge in [0.25, 0.3) is 0 Å². The Kier molecular flexibility index (Phi) is 2.24. The van der Waals surface area contributed by atoms with Gasteiger partial charge >= 0.3 is 0 Å². The van der Waals surface area contributed by atoms with Crippen molar-refractivity contribution in [2.45, 2.75) is 22.8 Å². The highest BCUT2D eigenvalue weighted by Gasteiger charge is 2.27. The third kappa shape index (κ3) is 1.76. The number of rotatable bonds is 1. The fraction of sp³-hybridized carbons (Fsp3) is 0.800. The molecule has 1 saturated heterocycles. The molecule has 9 heavy (non-hydrogen) atoms. The molecule has 0 bridgehead atoms. The van der Waals surface area contributed by atoms with Crippen LogP contribution in [0.25, 0.3) is 0 Å². The van der Waals surface area contributed by atoms with Gasteiger partial charge in [0.15, 0.2) is 0 Å². The molecule has 1 fully saturated rings. The van der Waals surface area contributed by atoms with E-state index < -0.39 is 0 Å². The predicted octanol–water partition coefficient (Wildman–Crippen LogP) is 0.932. The van der Waals surface area contributed by atoms with Crippen molar-refractivity contribution in [3.8, 4) is 0 Å². The van der Waals surface area contributed by atoms with Crippen LogP contribution in [0.5, 0.6) is 0 Å². The van der Waals surface area contributed by atoms with Gasteiger partial charge in [-0.05, 0) is 12.8 Å². The Labute approximate surface area is 63.1 Å². The van der Waals surface area contributed by atoms with Crippen molar-refractivity contribution in [3.63, 3.8) is 0 Å². The molecule has 2 atom stereocenters. The van der Waals surface area contributed by atoms with Crippen molar-refractivity contribution < 1.29 is 4.79 Å². The van der Waals surface area contributed by atoms with Gasteiger partial charge in [-0.15, -0.1) is 23.4 Å². The summed E-state index contributed by atoms with van der Waals surface area (Å²) in [7, 11) is 0. The summed E-state index contributed by atoms with van der Waals surface area (Å²) in [5, 5.41) is -0.0347. The van der Waals surface area contributed by atoms with Crippen molar-refractivity contribution >= 4 is 29.3 Å². The van der Waals surface area contributed by atoms with Crippen LogP contribution in [0.15, 0.2) is 0 Å². The van der Waals surface area contributed by atoms with Gasteiger partial charge in [0.2, 0.25) is 5.91 Å². The standard InChI is InChI=1S/C5H8ClNOS/c6-4-2-1-3(9-4)5(7)8/h3-4H,1-2H2,(H2,7,8). The normalized spacial score (nSPS) is 34.8. The predicted molar refractivity (Wildman–Crippen MR) is 39.4 cm³/mol. The molecule has 0 radical (unpaired) electrons. The number of thioether (sulfide) groups is 1. The Morgan fingerprint density at radius 1 is 1.67 bits per heavy atom. The highest BCUT2D eigenvalue weighted by molar-refractivity contribution is 8.02. The van der Waals surface area contributed by atoms with Gasteiger partial charge in [0, 0.05) is 0 Å². The second-order valence-corrected chi connectivity index (χ2v) is 4.21. The minimum Gasteiger partial charge on any atom is -0.369 e. The minimum absolute atomic E-state index is 0.0347. The van der Waals surface area contributed by atoms with Crippen LogP contribution in [0.3, 0.4) is 0 Å². The van der Waals surface area contributed by atoms with Crippen molar-refractivity contribution in [3.05, 3.63) is 0 Å². The highest BCUT2D eigenvalue weighted by Crippen LogP contribution is 2.35. The van der Waals surface area contributed by atoms with Crippen molar-refractivity contribution in [2.24, 2.45) is 5.73 Å². The maximum absolute atomic E-state index is 10.5. The lowest BCUT2D eigenvalue weighted by Crippen LogP contribution is -2.23. The largest absolute Gasteiger partial charge is 0.369 e. The minimum atomic E-state index is -0.233. The summed E-state index contributed by atoms with van der Waals surface area (Å²) in [6, 6.07) is 0. The number of primary amides is 1. The zero-order valence-electron chi connectivity index (χ0n) is 4.84. The summed E-state index contributed by atoms with van der Waals surface area (Å²) in [6.07, 6.45) is 1.74. The van der Waals surface area contributed by atoms with Gasteiger partial charge in [-0.3, -0.25) is 4.79 Å². The number of alkyl halides is 1. The lowest BCUT2D eigenvalue weighted by molar-refractivity contribution is -0.117. The van der Waals surface area contributed by atoms with E-state index in [1.807, 2.05) is 0 Å². The average molecular weight is 166 g/mol. The summed E-state index contributed by atoms with van der Waals surface area (Å²) in [5.74, 6) is -0.233. The zero-order chi connectivity index (χ0) is 6.85. The lowest BCUT2D eigenvalue weighted by Gasteiger charge is -2.00. The molecule has 1 aliphatic heterocycles. The van der Waals surface area contributed by atoms with Gasteiger partial charge in [0.1, 0.15) is 0 Å². The van der Waals surface area contributed by atoms with Gasteiger partial charge in [-0.1, -0.05) is 0 Å². The summed E-state index contributed by atoms with van der Waals surface area (Å²) in [6.45, 7) is 0. The molecule has 2 unspecified atom stereocenters. The number of hydrogen-bond donors (Lipinski definition) is 1. The van der Waals surface area contributed by atoms with Crippen LogP contribution >= 0.6 is 23.4 Å². The number of amides is 1. The SMILES string of the molecule is NC(=O)C1CCC(Cl)S1. The summed E-state index contributed by atoms with van der Waals surface area (Å²) >= 11 is 7.17. The molecule has 2 N–H and O–H groups in total. The van der Waals surface area contributed by atoms with Crippen LogP contribution in [-0.4, -0.2) is 15.9 Å².